The molecule has 2 amide bonds. The minimum Gasteiger partial charge on any atom is -0.334 e. The molecule has 0 spiro atoms. The fourth-order valence-corrected chi connectivity index (χ4v) is 2.90. The van der Waals surface area contributed by atoms with Gasteiger partial charge in [0.15, 0.2) is 0 Å². The SMILES string of the molecule is CNC(C)c1ccc(NC(=O)NC(C)CS(C)(=O)=O)cc1. The number of amides is 2. The number of hydrogen-bond donors (Lipinski definition) is 3. The molecule has 0 saturated carbocycles. The van der Waals surface area contributed by atoms with Crippen molar-refractivity contribution in [2.24, 2.45) is 0 Å². The van der Waals surface area contributed by atoms with Crippen molar-refractivity contribution in [3.05, 3.63) is 29.8 Å². The van der Waals surface area contributed by atoms with Crippen molar-refractivity contribution in [2.45, 2.75) is 25.9 Å². The first-order valence-corrected chi connectivity index (χ1v) is 8.80. The molecule has 7 heteroatoms. The fraction of sp³-hybridized carbons (Fsp3) is 0.500. The number of rotatable bonds is 6. The minimum atomic E-state index is -3.11. The van der Waals surface area contributed by atoms with Crippen LogP contribution in [-0.2, 0) is 9.84 Å². The monoisotopic (exact) mass is 313 g/mol. The Bertz CT molecular complexity index is 570. The van der Waals surface area contributed by atoms with E-state index in [1.54, 1.807) is 6.92 Å². The van der Waals surface area contributed by atoms with Gasteiger partial charge in [-0.15, -0.1) is 0 Å². The van der Waals surface area contributed by atoms with Crippen LogP contribution in [0.4, 0.5) is 10.5 Å². The summed E-state index contributed by atoms with van der Waals surface area (Å²) in [5.41, 5.74) is 1.78. The van der Waals surface area contributed by atoms with E-state index in [9.17, 15) is 13.2 Å². The molecule has 21 heavy (non-hydrogen) atoms. The summed E-state index contributed by atoms with van der Waals surface area (Å²) in [6.07, 6.45) is 1.14. The van der Waals surface area contributed by atoms with E-state index in [4.69, 9.17) is 0 Å². The Morgan fingerprint density at radius 3 is 2.24 bits per heavy atom. The molecule has 0 aliphatic rings. The largest absolute Gasteiger partial charge is 0.334 e. The third-order valence-electron chi connectivity index (χ3n) is 3.03. The molecule has 0 radical (unpaired) electrons. The van der Waals surface area contributed by atoms with E-state index in [-0.39, 0.29) is 11.8 Å². The highest BCUT2D eigenvalue weighted by atomic mass is 32.2. The molecule has 1 rings (SSSR count). The van der Waals surface area contributed by atoms with E-state index in [1.165, 1.54) is 0 Å². The van der Waals surface area contributed by atoms with Gasteiger partial charge < -0.3 is 16.0 Å². The molecule has 0 aromatic heterocycles. The number of anilines is 1. The highest BCUT2D eigenvalue weighted by Crippen LogP contribution is 2.15. The summed E-state index contributed by atoms with van der Waals surface area (Å²) in [5.74, 6) is -0.0843. The number of nitrogens with one attached hydrogen (secondary N) is 3. The summed E-state index contributed by atoms with van der Waals surface area (Å²) in [5, 5.41) is 8.40. The van der Waals surface area contributed by atoms with E-state index < -0.39 is 21.9 Å². The lowest BCUT2D eigenvalue weighted by Crippen LogP contribution is -2.39. The van der Waals surface area contributed by atoms with Crippen molar-refractivity contribution < 1.29 is 13.2 Å². The smallest absolute Gasteiger partial charge is 0.319 e. The van der Waals surface area contributed by atoms with E-state index >= 15 is 0 Å². The van der Waals surface area contributed by atoms with E-state index in [1.807, 2.05) is 38.2 Å². The van der Waals surface area contributed by atoms with Gasteiger partial charge >= 0.3 is 6.03 Å². The Kier molecular flexibility index (Phi) is 6.17. The fourth-order valence-electron chi connectivity index (χ4n) is 1.91. The van der Waals surface area contributed by atoms with Crippen LogP contribution in [-0.4, -0.2) is 39.5 Å². The maximum atomic E-state index is 11.8. The Hall–Kier alpha value is -1.60. The van der Waals surface area contributed by atoms with Gasteiger partial charge in [-0.1, -0.05) is 12.1 Å². The van der Waals surface area contributed by atoms with Crippen LogP contribution in [0, 0.1) is 0 Å². The van der Waals surface area contributed by atoms with Gasteiger partial charge in [0.05, 0.1) is 5.75 Å². The first-order chi connectivity index (χ1) is 9.71. The van der Waals surface area contributed by atoms with Crippen molar-refractivity contribution in [3.63, 3.8) is 0 Å². The molecule has 2 unspecified atom stereocenters. The average Bonchev–Trinajstić information content (AvgIpc) is 2.36. The molecule has 0 aliphatic heterocycles. The summed E-state index contributed by atoms with van der Waals surface area (Å²) < 4.78 is 22.3. The Morgan fingerprint density at radius 1 is 1.19 bits per heavy atom. The first-order valence-electron chi connectivity index (χ1n) is 6.73. The lowest BCUT2D eigenvalue weighted by molar-refractivity contribution is 0.250. The molecule has 6 nitrogen and oxygen atoms in total. The Balaban J connectivity index is 2.55. The van der Waals surface area contributed by atoms with Crippen LogP contribution in [0.2, 0.25) is 0 Å². The van der Waals surface area contributed by atoms with Crippen LogP contribution in [0.15, 0.2) is 24.3 Å². The molecule has 3 N–H and O–H groups in total. The van der Waals surface area contributed by atoms with Gasteiger partial charge in [0.25, 0.3) is 0 Å². The lowest BCUT2D eigenvalue weighted by atomic mass is 10.1. The first kappa shape index (κ1) is 17.5. The van der Waals surface area contributed by atoms with Gasteiger partial charge in [-0.25, -0.2) is 13.2 Å². The molecule has 0 heterocycles. The van der Waals surface area contributed by atoms with Crippen molar-refractivity contribution in [1.29, 1.82) is 0 Å². The van der Waals surface area contributed by atoms with Gasteiger partial charge in [-0.3, -0.25) is 0 Å². The maximum Gasteiger partial charge on any atom is 0.319 e. The third kappa shape index (κ3) is 6.59. The molecule has 0 saturated heterocycles. The zero-order chi connectivity index (χ0) is 16.0. The molecule has 0 bridgehead atoms. The zero-order valence-electron chi connectivity index (χ0n) is 12.8. The summed E-state index contributed by atoms with van der Waals surface area (Å²) in [6.45, 7) is 3.69. The highest BCUT2D eigenvalue weighted by Gasteiger charge is 2.13. The molecule has 2 atom stereocenters. The molecule has 0 aliphatic carbocycles. The molecule has 118 valence electrons. The second-order valence-corrected chi connectivity index (χ2v) is 7.41. The number of carbonyl (C=O) groups is 1. The number of urea groups is 1. The summed E-state index contributed by atoms with van der Waals surface area (Å²) in [6, 6.07) is 6.85. The molecule has 1 aromatic rings. The van der Waals surface area contributed by atoms with Gasteiger partial charge in [0, 0.05) is 24.0 Å². The topological polar surface area (TPSA) is 87.3 Å². The minimum absolute atomic E-state index is 0.0843. The summed E-state index contributed by atoms with van der Waals surface area (Å²) in [4.78, 5) is 11.8. The van der Waals surface area contributed by atoms with Crippen LogP contribution < -0.4 is 16.0 Å². The van der Waals surface area contributed by atoms with Gasteiger partial charge in [0.2, 0.25) is 0 Å². The molecule has 1 aromatic carbocycles. The highest BCUT2D eigenvalue weighted by molar-refractivity contribution is 7.90. The quantitative estimate of drug-likeness (QED) is 0.743. The summed E-state index contributed by atoms with van der Waals surface area (Å²) >= 11 is 0. The predicted molar refractivity (Wildman–Crippen MR) is 85.2 cm³/mol. The second-order valence-electron chi connectivity index (χ2n) is 5.22. The van der Waals surface area contributed by atoms with E-state index in [0.717, 1.165) is 11.8 Å². The van der Waals surface area contributed by atoms with Gasteiger partial charge in [0.1, 0.15) is 9.84 Å². The molecular weight excluding hydrogens is 290 g/mol. The number of hydrogen-bond acceptors (Lipinski definition) is 4. The van der Waals surface area contributed by atoms with Crippen LogP contribution >= 0.6 is 0 Å². The number of benzene rings is 1. The second kappa shape index (κ2) is 7.42. The predicted octanol–water partition coefficient (Wildman–Crippen LogP) is 1.52. The molecule has 0 fully saturated rings. The van der Waals surface area contributed by atoms with Crippen LogP contribution in [0.1, 0.15) is 25.5 Å². The van der Waals surface area contributed by atoms with Crippen LogP contribution in [0.3, 0.4) is 0 Å². The van der Waals surface area contributed by atoms with Crippen molar-refractivity contribution in [2.75, 3.05) is 24.4 Å². The number of sulfone groups is 1. The normalized spacial score (nSPS) is 14.3. The standard InChI is InChI=1S/C14H23N3O3S/c1-10(9-21(4,19)20)16-14(18)17-13-7-5-12(6-8-13)11(2)15-3/h5-8,10-11,15H,9H2,1-4H3,(H2,16,17,18). The molecular formula is C14H23N3O3S. The van der Waals surface area contributed by atoms with Crippen LogP contribution in [0.25, 0.3) is 0 Å². The Labute approximate surface area is 126 Å². The Morgan fingerprint density at radius 2 is 1.76 bits per heavy atom. The van der Waals surface area contributed by atoms with Gasteiger partial charge in [-0.2, -0.15) is 0 Å². The van der Waals surface area contributed by atoms with E-state index in [0.29, 0.717) is 5.69 Å². The van der Waals surface area contributed by atoms with Crippen LogP contribution in [0.5, 0.6) is 0 Å². The summed E-state index contributed by atoms with van der Waals surface area (Å²) in [7, 11) is -1.23. The third-order valence-corrected chi connectivity index (χ3v) is 4.14. The number of carbonyl (C=O) groups excluding carboxylic acids is 1. The average molecular weight is 313 g/mol. The van der Waals surface area contributed by atoms with Crippen molar-refractivity contribution >= 4 is 21.6 Å². The van der Waals surface area contributed by atoms with Crippen molar-refractivity contribution in [3.8, 4) is 0 Å². The van der Waals surface area contributed by atoms with E-state index in [2.05, 4.69) is 16.0 Å². The lowest BCUT2D eigenvalue weighted by Gasteiger charge is -2.14. The zero-order valence-corrected chi connectivity index (χ0v) is 13.6. The van der Waals surface area contributed by atoms with Crippen molar-refractivity contribution in [1.82, 2.24) is 10.6 Å². The van der Waals surface area contributed by atoms with Gasteiger partial charge in [-0.05, 0) is 38.6 Å². The maximum absolute atomic E-state index is 11.8.